The summed E-state index contributed by atoms with van der Waals surface area (Å²) in [5, 5.41) is 27.0. The Bertz CT molecular complexity index is 787. The van der Waals surface area contributed by atoms with Crippen molar-refractivity contribution in [2.24, 2.45) is 5.92 Å². The topological polar surface area (TPSA) is 83.8 Å². The second-order valence-corrected chi connectivity index (χ2v) is 9.17. The third-order valence-electron chi connectivity index (χ3n) is 5.64. The number of hydrogen-bond acceptors (Lipinski definition) is 7. The normalized spacial score (nSPS) is 34.5. The Morgan fingerprint density at radius 2 is 2.18 bits per heavy atom. The SMILES string of the molecule is CO[C@H]1O[C@H](C2=C/C(=C\CC3CCC3)C=C2)[C@H](O)[C@H](O)[C@H]1Nc1nc(Br)cs1. The van der Waals surface area contributed by atoms with Gasteiger partial charge < -0.3 is 25.0 Å². The lowest BCUT2D eigenvalue weighted by Crippen LogP contribution is -2.61. The number of rotatable bonds is 6. The molecule has 3 N–H and O–H groups in total. The van der Waals surface area contributed by atoms with Crippen molar-refractivity contribution in [3.05, 3.63) is 45.4 Å². The van der Waals surface area contributed by atoms with Gasteiger partial charge in [0, 0.05) is 12.5 Å². The lowest BCUT2D eigenvalue weighted by molar-refractivity contribution is -0.237. The van der Waals surface area contributed by atoms with Crippen molar-refractivity contribution < 1.29 is 19.7 Å². The van der Waals surface area contributed by atoms with Crippen LogP contribution in [0.25, 0.3) is 0 Å². The maximum absolute atomic E-state index is 10.7. The van der Waals surface area contributed by atoms with Crippen molar-refractivity contribution in [3.63, 3.8) is 0 Å². The molecular weight excluding hydrogens is 444 g/mol. The highest BCUT2D eigenvalue weighted by Gasteiger charge is 2.46. The van der Waals surface area contributed by atoms with Crippen LogP contribution in [-0.4, -0.2) is 53.0 Å². The smallest absolute Gasteiger partial charge is 0.184 e. The van der Waals surface area contributed by atoms with E-state index in [2.05, 4.69) is 32.3 Å². The number of aromatic nitrogens is 1. The molecule has 2 heterocycles. The van der Waals surface area contributed by atoms with E-state index >= 15 is 0 Å². The van der Waals surface area contributed by atoms with E-state index in [-0.39, 0.29) is 0 Å². The van der Waals surface area contributed by atoms with Gasteiger partial charge in [-0.25, -0.2) is 4.98 Å². The van der Waals surface area contributed by atoms with E-state index < -0.39 is 30.6 Å². The molecule has 1 aliphatic heterocycles. The Labute approximate surface area is 177 Å². The molecule has 0 bridgehead atoms. The van der Waals surface area contributed by atoms with Gasteiger partial charge in [0.2, 0.25) is 0 Å². The van der Waals surface area contributed by atoms with Crippen LogP contribution in [0.5, 0.6) is 0 Å². The highest BCUT2D eigenvalue weighted by atomic mass is 79.9. The summed E-state index contributed by atoms with van der Waals surface area (Å²) in [6, 6.07) is -0.631. The van der Waals surface area contributed by atoms with E-state index in [0.717, 1.165) is 23.5 Å². The first kappa shape index (κ1) is 20.3. The number of nitrogens with one attached hydrogen (secondary N) is 1. The van der Waals surface area contributed by atoms with Gasteiger partial charge in [0.25, 0.3) is 0 Å². The largest absolute Gasteiger partial charge is 0.388 e. The van der Waals surface area contributed by atoms with Gasteiger partial charge in [-0.3, -0.25) is 0 Å². The summed E-state index contributed by atoms with van der Waals surface area (Å²) in [6.07, 6.45) is 9.83. The van der Waals surface area contributed by atoms with Crippen LogP contribution < -0.4 is 5.32 Å². The van der Waals surface area contributed by atoms with Gasteiger partial charge >= 0.3 is 0 Å². The second kappa shape index (κ2) is 8.77. The maximum Gasteiger partial charge on any atom is 0.184 e. The Morgan fingerprint density at radius 3 is 2.82 bits per heavy atom. The molecule has 0 aromatic carbocycles. The van der Waals surface area contributed by atoms with Gasteiger partial charge in [-0.15, -0.1) is 11.3 Å². The number of methoxy groups -OCH3 is 1. The van der Waals surface area contributed by atoms with Crippen LogP contribution in [0.2, 0.25) is 0 Å². The van der Waals surface area contributed by atoms with E-state index in [9.17, 15) is 10.2 Å². The van der Waals surface area contributed by atoms with Crippen LogP contribution >= 0.6 is 27.3 Å². The van der Waals surface area contributed by atoms with E-state index in [1.807, 2.05) is 23.6 Å². The summed E-state index contributed by atoms with van der Waals surface area (Å²) in [6.45, 7) is 0. The molecule has 2 fully saturated rings. The fourth-order valence-electron chi connectivity index (χ4n) is 3.77. The Hall–Kier alpha value is -1.03. The quantitative estimate of drug-likeness (QED) is 0.593. The second-order valence-electron chi connectivity index (χ2n) is 7.50. The van der Waals surface area contributed by atoms with Gasteiger partial charge in [0.05, 0.1) is 0 Å². The number of anilines is 1. The lowest BCUT2D eigenvalue weighted by Gasteiger charge is -2.42. The number of nitrogens with zero attached hydrogens (tertiary/aromatic N) is 1. The van der Waals surface area contributed by atoms with Crippen molar-refractivity contribution >= 4 is 32.4 Å². The van der Waals surface area contributed by atoms with Crippen LogP contribution in [0.3, 0.4) is 0 Å². The molecule has 1 aromatic rings. The minimum absolute atomic E-state index is 0.619. The highest BCUT2D eigenvalue weighted by molar-refractivity contribution is 9.10. The Kier molecular flexibility index (Phi) is 6.34. The van der Waals surface area contributed by atoms with E-state index in [1.165, 1.54) is 37.7 Å². The summed E-state index contributed by atoms with van der Waals surface area (Å²) in [5.41, 5.74) is 1.98. The number of halogens is 1. The molecule has 6 nitrogen and oxygen atoms in total. The number of allylic oxidation sites excluding steroid dienone is 4. The Morgan fingerprint density at radius 1 is 1.36 bits per heavy atom. The number of ether oxygens (including phenoxy) is 2. The summed E-state index contributed by atoms with van der Waals surface area (Å²) >= 11 is 4.71. The minimum Gasteiger partial charge on any atom is -0.388 e. The third kappa shape index (κ3) is 4.27. The predicted molar refractivity (Wildman–Crippen MR) is 112 cm³/mol. The molecule has 0 amide bonds. The molecule has 28 heavy (non-hydrogen) atoms. The molecule has 4 rings (SSSR count). The van der Waals surface area contributed by atoms with E-state index in [0.29, 0.717) is 9.73 Å². The van der Waals surface area contributed by atoms with Crippen LogP contribution in [-0.2, 0) is 9.47 Å². The van der Waals surface area contributed by atoms with Crippen LogP contribution in [0.4, 0.5) is 5.13 Å². The first-order chi connectivity index (χ1) is 13.5. The zero-order chi connectivity index (χ0) is 19.7. The molecule has 152 valence electrons. The molecule has 1 saturated heterocycles. The van der Waals surface area contributed by atoms with Gasteiger partial charge in [-0.05, 0) is 45.5 Å². The number of thiazole rings is 1. The monoisotopic (exact) mass is 468 g/mol. The zero-order valence-electron chi connectivity index (χ0n) is 15.6. The van der Waals surface area contributed by atoms with Crippen molar-refractivity contribution in [3.8, 4) is 0 Å². The fourth-order valence-corrected chi connectivity index (χ4v) is 4.96. The molecule has 0 radical (unpaired) electrons. The predicted octanol–water partition coefficient (Wildman–Crippen LogP) is 3.39. The average molecular weight is 469 g/mol. The molecule has 8 heteroatoms. The van der Waals surface area contributed by atoms with E-state index in [1.54, 1.807) is 0 Å². The number of hydrogen-bond donors (Lipinski definition) is 3. The Balaban J connectivity index is 1.45. The first-order valence-electron chi connectivity index (χ1n) is 9.57. The fraction of sp³-hybridized carbons (Fsp3) is 0.550. The molecule has 3 aliphatic rings. The first-order valence-corrected chi connectivity index (χ1v) is 11.2. The third-order valence-corrected chi connectivity index (χ3v) is 7.13. The molecule has 0 spiro atoms. The lowest BCUT2D eigenvalue weighted by atomic mass is 9.82. The molecule has 1 aromatic heterocycles. The zero-order valence-corrected chi connectivity index (χ0v) is 18.0. The molecule has 2 aliphatic carbocycles. The maximum atomic E-state index is 10.7. The van der Waals surface area contributed by atoms with Gasteiger partial charge in [-0.1, -0.05) is 37.5 Å². The molecule has 5 atom stereocenters. The van der Waals surface area contributed by atoms with Gasteiger partial charge in [0.15, 0.2) is 11.4 Å². The summed E-state index contributed by atoms with van der Waals surface area (Å²) < 4.78 is 12.2. The highest BCUT2D eigenvalue weighted by Crippen LogP contribution is 2.34. The molecular formula is C20H25BrN2O4S. The van der Waals surface area contributed by atoms with Crippen molar-refractivity contribution in [2.75, 3.05) is 12.4 Å². The van der Waals surface area contributed by atoms with Crippen molar-refractivity contribution in [2.45, 2.75) is 56.3 Å². The molecule has 0 unspecified atom stereocenters. The minimum atomic E-state index is -1.07. The van der Waals surface area contributed by atoms with Crippen molar-refractivity contribution in [1.82, 2.24) is 4.98 Å². The van der Waals surface area contributed by atoms with Crippen LogP contribution in [0.15, 0.2) is 45.4 Å². The van der Waals surface area contributed by atoms with Gasteiger partial charge in [0.1, 0.15) is 29.0 Å². The number of aliphatic hydroxyl groups excluding tert-OH is 2. The van der Waals surface area contributed by atoms with Crippen LogP contribution in [0, 0.1) is 5.92 Å². The van der Waals surface area contributed by atoms with E-state index in [4.69, 9.17) is 9.47 Å². The summed E-state index contributed by atoms with van der Waals surface area (Å²) in [5.74, 6) is 0.812. The summed E-state index contributed by atoms with van der Waals surface area (Å²) in [7, 11) is 1.53. The van der Waals surface area contributed by atoms with Crippen molar-refractivity contribution in [1.29, 1.82) is 0 Å². The standard InChI is InChI=1S/C20H25BrN2O4S/c1-26-19-15(23-20-22-14(21)10-28-20)16(24)17(25)18(27-19)13-8-7-12(9-13)6-5-11-3-2-4-11/h6-11,15-19,24-25H,2-5H2,1H3,(H,22,23)/b12-6-/t15-,16-,17-,18-,19+/m1/s1. The summed E-state index contributed by atoms with van der Waals surface area (Å²) in [4.78, 5) is 4.28. The molecule has 1 saturated carbocycles. The van der Waals surface area contributed by atoms with Crippen LogP contribution in [0.1, 0.15) is 25.7 Å². The average Bonchev–Trinajstić information content (AvgIpc) is 3.27. The van der Waals surface area contributed by atoms with Gasteiger partial charge in [-0.2, -0.15) is 0 Å². The number of aliphatic hydroxyl groups is 2.